The van der Waals surface area contributed by atoms with Crippen molar-refractivity contribution in [3.05, 3.63) is 0 Å². The second kappa shape index (κ2) is 7.69. The Morgan fingerprint density at radius 3 is 2.27 bits per heavy atom. The number of carboxylic acids is 1. The van der Waals surface area contributed by atoms with Crippen LogP contribution in [0.4, 0.5) is 0 Å². The minimum atomic E-state index is -0.724. The molecule has 0 fully saturated rings. The van der Waals surface area contributed by atoms with Gasteiger partial charge in [-0.3, -0.25) is 4.79 Å². The standard InChI is InChI=1S/C12H25NO2/c1-5-7-10(6-2)13-11(12(14)15)8-9(3)4/h9-11,13H,5-8H2,1-4H3,(H,14,15). The maximum absolute atomic E-state index is 11.0. The van der Waals surface area contributed by atoms with E-state index in [1.54, 1.807) is 0 Å². The number of rotatable bonds is 8. The fourth-order valence-electron chi connectivity index (χ4n) is 1.75. The smallest absolute Gasteiger partial charge is 0.320 e. The summed E-state index contributed by atoms with van der Waals surface area (Å²) in [6.07, 6.45) is 3.85. The van der Waals surface area contributed by atoms with Gasteiger partial charge in [0, 0.05) is 6.04 Å². The van der Waals surface area contributed by atoms with E-state index in [2.05, 4.69) is 33.0 Å². The quantitative estimate of drug-likeness (QED) is 0.654. The molecule has 3 heteroatoms. The van der Waals surface area contributed by atoms with E-state index in [4.69, 9.17) is 5.11 Å². The molecule has 0 saturated carbocycles. The first kappa shape index (κ1) is 14.4. The van der Waals surface area contributed by atoms with Crippen LogP contribution in [0.3, 0.4) is 0 Å². The molecule has 0 aliphatic heterocycles. The molecular weight excluding hydrogens is 190 g/mol. The normalized spacial score (nSPS) is 15.3. The Morgan fingerprint density at radius 1 is 1.33 bits per heavy atom. The van der Waals surface area contributed by atoms with Crippen molar-refractivity contribution in [3.63, 3.8) is 0 Å². The van der Waals surface area contributed by atoms with Crippen LogP contribution in [0.5, 0.6) is 0 Å². The van der Waals surface area contributed by atoms with Crippen molar-refractivity contribution in [3.8, 4) is 0 Å². The summed E-state index contributed by atoms with van der Waals surface area (Å²) >= 11 is 0. The zero-order valence-corrected chi connectivity index (χ0v) is 10.4. The Labute approximate surface area is 93.3 Å². The molecule has 3 nitrogen and oxygen atoms in total. The van der Waals surface area contributed by atoms with Crippen molar-refractivity contribution < 1.29 is 9.90 Å². The van der Waals surface area contributed by atoms with Crippen molar-refractivity contribution in [1.82, 2.24) is 5.32 Å². The van der Waals surface area contributed by atoms with Crippen LogP contribution >= 0.6 is 0 Å². The Morgan fingerprint density at radius 2 is 1.93 bits per heavy atom. The Bertz CT molecular complexity index is 180. The van der Waals surface area contributed by atoms with Crippen molar-refractivity contribution in [2.45, 2.75) is 65.5 Å². The third kappa shape index (κ3) is 6.50. The summed E-state index contributed by atoms with van der Waals surface area (Å²) in [5, 5.41) is 12.3. The molecule has 0 rings (SSSR count). The number of hydrogen-bond donors (Lipinski definition) is 2. The SMILES string of the molecule is CCCC(CC)NC(CC(C)C)C(=O)O. The lowest BCUT2D eigenvalue weighted by atomic mass is 10.0. The van der Waals surface area contributed by atoms with Crippen LogP contribution in [-0.4, -0.2) is 23.2 Å². The molecule has 0 heterocycles. The summed E-state index contributed by atoms with van der Waals surface area (Å²) in [5.41, 5.74) is 0. The zero-order chi connectivity index (χ0) is 11.8. The minimum absolute atomic E-state index is 0.342. The molecule has 0 aliphatic rings. The minimum Gasteiger partial charge on any atom is -0.480 e. The largest absolute Gasteiger partial charge is 0.480 e. The third-order valence-corrected chi connectivity index (χ3v) is 2.57. The molecule has 0 amide bonds. The van der Waals surface area contributed by atoms with E-state index in [0.717, 1.165) is 19.3 Å². The molecule has 2 N–H and O–H groups in total. The van der Waals surface area contributed by atoms with Gasteiger partial charge in [-0.25, -0.2) is 0 Å². The third-order valence-electron chi connectivity index (χ3n) is 2.57. The second-order valence-electron chi connectivity index (χ2n) is 4.58. The predicted octanol–water partition coefficient (Wildman–Crippen LogP) is 2.65. The van der Waals surface area contributed by atoms with Gasteiger partial charge in [-0.05, 0) is 25.2 Å². The molecule has 90 valence electrons. The summed E-state index contributed by atoms with van der Waals surface area (Å²) in [6.45, 7) is 8.33. The lowest BCUT2D eigenvalue weighted by molar-refractivity contribution is -0.140. The highest BCUT2D eigenvalue weighted by molar-refractivity contribution is 5.73. The average molecular weight is 215 g/mol. The molecule has 0 aromatic carbocycles. The molecule has 0 spiro atoms. The van der Waals surface area contributed by atoms with Crippen molar-refractivity contribution in [1.29, 1.82) is 0 Å². The summed E-state index contributed by atoms with van der Waals surface area (Å²) in [4.78, 5) is 11.0. The van der Waals surface area contributed by atoms with E-state index in [1.165, 1.54) is 0 Å². The summed E-state index contributed by atoms with van der Waals surface area (Å²) in [6, 6.07) is -0.0450. The van der Waals surface area contributed by atoms with Crippen molar-refractivity contribution in [2.24, 2.45) is 5.92 Å². The Hall–Kier alpha value is -0.570. The maximum Gasteiger partial charge on any atom is 0.320 e. The second-order valence-corrected chi connectivity index (χ2v) is 4.58. The van der Waals surface area contributed by atoms with E-state index in [0.29, 0.717) is 18.4 Å². The first-order chi connectivity index (χ1) is 7.01. The first-order valence-corrected chi connectivity index (χ1v) is 6.00. The molecule has 0 radical (unpaired) electrons. The monoisotopic (exact) mass is 215 g/mol. The highest BCUT2D eigenvalue weighted by Gasteiger charge is 2.21. The molecular formula is C12H25NO2. The van der Waals surface area contributed by atoms with Crippen molar-refractivity contribution in [2.75, 3.05) is 0 Å². The molecule has 15 heavy (non-hydrogen) atoms. The van der Waals surface area contributed by atoms with Crippen LogP contribution in [0.25, 0.3) is 0 Å². The topological polar surface area (TPSA) is 49.3 Å². The van der Waals surface area contributed by atoms with Crippen LogP contribution in [0.1, 0.15) is 53.4 Å². The first-order valence-electron chi connectivity index (χ1n) is 6.00. The lowest BCUT2D eigenvalue weighted by Gasteiger charge is -2.23. The Balaban J connectivity index is 4.18. The highest BCUT2D eigenvalue weighted by Crippen LogP contribution is 2.09. The molecule has 2 unspecified atom stereocenters. The fraction of sp³-hybridized carbons (Fsp3) is 0.917. The van der Waals surface area contributed by atoms with Crippen molar-refractivity contribution >= 4 is 5.97 Å². The average Bonchev–Trinajstić information content (AvgIpc) is 2.14. The summed E-state index contributed by atoms with van der Waals surface area (Å²) in [7, 11) is 0. The van der Waals surface area contributed by atoms with Gasteiger partial charge in [0.15, 0.2) is 0 Å². The number of carboxylic acid groups (broad SMARTS) is 1. The van der Waals surface area contributed by atoms with Gasteiger partial charge in [0.1, 0.15) is 6.04 Å². The van der Waals surface area contributed by atoms with Gasteiger partial charge < -0.3 is 10.4 Å². The van der Waals surface area contributed by atoms with Gasteiger partial charge in [0.2, 0.25) is 0 Å². The summed E-state index contributed by atoms with van der Waals surface area (Å²) < 4.78 is 0. The van der Waals surface area contributed by atoms with Crippen LogP contribution in [0.2, 0.25) is 0 Å². The van der Waals surface area contributed by atoms with E-state index in [1.807, 2.05) is 0 Å². The van der Waals surface area contributed by atoms with Gasteiger partial charge in [0.05, 0.1) is 0 Å². The molecule has 0 aliphatic carbocycles. The molecule has 0 saturated heterocycles. The van der Waals surface area contributed by atoms with E-state index in [9.17, 15) is 4.79 Å². The lowest BCUT2D eigenvalue weighted by Crippen LogP contribution is -2.43. The number of carbonyl (C=O) groups is 1. The maximum atomic E-state index is 11.0. The fourth-order valence-corrected chi connectivity index (χ4v) is 1.75. The van der Waals surface area contributed by atoms with Crippen LogP contribution < -0.4 is 5.32 Å². The van der Waals surface area contributed by atoms with Gasteiger partial charge in [-0.15, -0.1) is 0 Å². The predicted molar refractivity (Wildman–Crippen MR) is 63.0 cm³/mol. The highest BCUT2D eigenvalue weighted by atomic mass is 16.4. The van der Waals surface area contributed by atoms with Gasteiger partial charge >= 0.3 is 5.97 Å². The molecule has 0 aromatic heterocycles. The van der Waals surface area contributed by atoms with E-state index in [-0.39, 0.29) is 6.04 Å². The van der Waals surface area contributed by atoms with Gasteiger partial charge in [-0.1, -0.05) is 34.1 Å². The van der Waals surface area contributed by atoms with E-state index < -0.39 is 5.97 Å². The van der Waals surface area contributed by atoms with Crippen LogP contribution in [0, 0.1) is 5.92 Å². The molecule has 0 bridgehead atoms. The Kier molecular flexibility index (Phi) is 7.39. The summed E-state index contributed by atoms with van der Waals surface area (Å²) in [5.74, 6) is -0.309. The number of aliphatic carboxylic acids is 1. The van der Waals surface area contributed by atoms with Gasteiger partial charge in [-0.2, -0.15) is 0 Å². The van der Waals surface area contributed by atoms with Crippen LogP contribution in [-0.2, 0) is 4.79 Å². The molecule has 0 aromatic rings. The number of hydrogen-bond acceptors (Lipinski definition) is 2. The number of nitrogens with one attached hydrogen (secondary N) is 1. The van der Waals surface area contributed by atoms with E-state index >= 15 is 0 Å². The molecule has 2 atom stereocenters. The van der Waals surface area contributed by atoms with Gasteiger partial charge in [0.25, 0.3) is 0 Å². The zero-order valence-electron chi connectivity index (χ0n) is 10.4. The van der Waals surface area contributed by atoms with Crippen LogP contribution in [0.15, 0.2) is 0 Å².